The first-order valence-corrected chi connectivity index (χ1v) is 6.84. The van der Waals surface area contributed by atoms with Crippen molar-refractivity contribution in [3.05, 3.63) is 29.8 Å². The van der Waals surface area contributed by atoms with Crippen molar-refractivity contribution in [2.24, 2.45) is 0 Å². The number of amides is 1. The molecule has 0 unspecified atom stereocenters. The molecule has 0 saturated carbocycles. The van der Waals surface area contributed by atoms with E-state index < -0.39 is 0 Å². The zero-order valence-electron chi connectivity index (χ0n) is 12.7. The number of ether oxygens (including phenoxy) is 1. The van der Waals surface area contributed by atoms with Gasteiger partial charge in [0.25, 0.3) is 0 Å². The van der Waals surface area contributed by atoms with E-state index in [0.29, 0.717) is 13.0 Å². The Morgan fingerprint density at radius 1 is 1.32 bits per heavy atom. The fourth-order valence-electron chi connectivity index (χ4n) is 2.12. The highest BCUT2D eigenvalue weighted by atomic mass is 16.5. The lowest BCUT2D eigenvalue weighted by Gasteiger charge is -2.34. The van der Waals surface area contributed by atoms with Gasteiger partial charge in [0.05, 0.1) is 13.0 Å². The second-order valence-electron chi connectivity index (χ2n) is 5.72. The molecule has 1 amide bonds. The summed E-state index contributed by atoms with van der Waals surface area (Å²) in [7, 11) is 0. The fourth-order valence-corrected chi connectivity index (χ4v) is 2.12. The monoisotopic (exact) mass is 263 g/mol. The van der Waals surface area contributed by atoms with E-state index in [9.17, 15) is 4.79 Å². The molecule has 0 heterocycles. The van der Waals surface area contributed by atoms with Crippen LogP contribution in [0.4, 0.5) is 0 Å². The average Bonchev–Trinajstić information content (AvgIpc) is 2.28. The number of carbonyl (C=O) groups is 1. The molecule has 1 rings (SSSR count). The van der Waals surface area contributed by atoms with Gasteiger partial charge in [0.15, 0.2) is 0 Å². The van der Waals surface area contributed by atoms with E-state index in [1.807, 2.05) is 43.0 Å². The van der Waals surface area contributed by atoms with Gasteiger partial charge in [-0.1, -0.05) is 12.1 Å². The van der Waals surface area contributed by atoms with E-state index in [4.69, 9.17) is 4.74 Å². The number of carbonyl (C=O) groups excluding carboxylic acids is 1. The van der Waals surface area contributed by atoms with E-state index in [-0.39, 0.29) is 11.4 Å². The molecule has 0 bridgehead atoms. The molecule has 0 N–H and O–H groups in total. The van der Waals surface area contributed by atoms with Crippen LogP contribution in [0.2, 0.25) is 0 Å². The molecule has 106 valence electrons. The van der Waals surface area contributed by atoms with E-state index in [1.165, 1.54) is 0 Å². The molecule has 0 aromatic heterocycles. The summed E-state index contributed by atoms with van der Waals surface area (Å²) in [6.45, 7) is 11.3. The maximum Gasteiger partial charge on any atom is 0.226 e. The molecule has 3 heteroatoms. The Balaban J connectivity index is 2.46. The second-order valence-corrected chi connectivity index (χ2v) is 5.72. The fraction of sp³-hybridized carbons (Fsp3) is 0.562. The zero-order valence-corrected chi connectivity index (χ0v) is 12.7. The number of hydrogen-bond acceptors (Lipinski definition) is 2. The van der Waals surface area contributed by atoms with Gasteiger partial charge in [-0.25, -0.2) is 0 Å². The van der Waals surface area contributed by atoms with Crippen LogP contribution in [0.5, 0.6) is 5.75 Å². The summed E-state index contributed by atoms with van der Waals surface area (Å²) in [6, 6.07) is 7.88. The van der Waals surface area contributed by atoms with E-state index in [1.54, 1.807) is 0 Å². The first kappa shape index (κ1) is 15.5. The van der Waals surface area contributed by atoms with Crippen molar-refractivity contribution in [2.45, 2.75) is 46.6 Å². The smallest absolute Gasteiger partial charge is 0.226 e. The summed E-state index contributed by atoms with van der Waals surface area (Å²) in [6.07, 6.45) is 0.416. The van der Waals surface area contributed by atoms with Crippen LogP contribution < -0.4 is 4.74 Å². The molecule has 0 aliphatic heterocycles. The van der Waals surface area contributed by atoms with Gasteiger partial charge >= 0.3 is 0 Å². The van der Waals surface area contributed by atoms with Crippen LogP contribution in [0.3, 0.4) is 0 Å². The predicted molar refractivity (Wildman–Crippen MR) is 78.4 cm³/mol. The lowest BCUT2D eigenvalue weighted by atomic mass is 10.1. The largest absolute Gasteiger partial charge is 0.493 e. The molecule has 0 saturated heterocycles. The quantitative estimate of drug-likeness (QED) is 0.814. The van der Waals surface area contributed by atoms with E-state index >= 15 is 0 Å². The van der Waals surface area contributed by atoms with Crippen molar-refractivity contribution in [1.82, 2.24) is 4.90 Å². The minimum atomic E-state index is -0.130. The highest BCUT2D eigenvalue weighted by Crippen LogP contribution is 2.15. The van der Waals surface area contributed by atoms with Gasteiger partial charge < -0.3 is 9.64 Å². The molecule has 0 aliphatic rings. The van der Waals surface area contributed by atoms with Gasteiger partial charge in [-0.2, -0.15) is 0 Å². The summed E-state index contributed by atoms with van der Waals surface area (Å²) in [5.41, 5.74) is 1.03. The molecule has 0 aliphatic carbocycles. The normalized spacial score (nSPS) is 11.2. The van der Waals surface area contributed by atoms with Gasteiger partial charge in [0.2, 0.25) is 5.91 Å². The maximum atomic E-state index is 12.1. The van der Waals surface area contributed by atoms with Crippen LogP contribution in [-0.4, -0.2) is 29.5 Å². The Bertz CT molecular complexity index is 421. The summed E-state index contributed by atoms with van der Waals surface area (Å²) < 4.78 is 5.62. The molecule has 0 atom stereocenters. The Hall–Kier alpha value is -1.51. The third-order valence-corrected chi connectivity index (χ3v) is 3.00. The van der Waals surface area contributed by atoms with E-state index in [0.717, 1.165) is 17.9 Å². The summed E-state index contributed by atoms with van der Waals surface area (Å²) in [4.78, 5) is 14.0. The Kier molecular flexibility index (Phi) is 5.40. The summed E-state index contributed by atoms with van der Waals surface area (Å²) in [5, 5.41) is 0. The first-order chi connectivity index (χ1) is 8.84. The Labute approximate surface area is 116 Å². The van der Waals surface area contributed by atoms with E-state index in [2.05, 4.69) is 20.8 Å². The molecule has 19 heavy (non-hydrogen) atoms. The molecular weight excluding hydrogens is 238 g/mol. The van der Waals surface area contributed by atoms with Gasteiger partial charge in [-0.3, -0.25) is 4.79 Å². The van der Waals surface area contributed by atoms with Gasteiger partial charge in [0, 0.05) is 12.1 Å². The third-order valence-electron chi connectivity index (χ3n) is 3.00. The van der Waals surface area contributed by atoms with Crippen molar-refractivity contribution in [1.29, 1.82) is 0 Å². The molecule has 0 radical (unpaired) electrons. The number of benzene rings is 1. The van der Waals surface area contributed by atoms with Crippen molar-refractivity contribution in [2.75, 3.05) is 13.2 Å². The maximum absolute atomic E-state index is 12.1. The molecule has 1 aromatic rings. The predicted octanol–water partition coefficient (Wildman–Crippen LogP) is 3.41. The highest BCUT2D eigenvalue weighted by Gasteiger charge is 2.24. The highest BCUT2D eigenvalue weighted by molar-refractivity contribution is 5.77. The number of hydrogen-bond donors (Lipinski definition) is 0. The minimum absolute atomic E-state index is 0.130. The summed E-state index contributed by atoms with van der Waals surface area (Å²) >= 11 is 0. The minimum Gasteiger partial charge on any atom is -0.493 e. The molecule has 0 spiro atoms. The van der Waals surface area contributed by atoms with Crippen LogP contribution in [0.15, 0.2) is 24.3 Å². The zero-order chi connectivity index (χ0) is 14.5. The molecular formula is C16H25NO2. The van der Waals surface area contributed by atoms with Crippen LogP contribution in [0, 0.1) is 6.92 Å². The van der Waals surface area contributed by atoms with Crippen molar-refractivity contribution in [3.8, 4) is 5.75 Å². The number of aryl methyl sites for hydroxylation is 1. The van der Waals surface area contributed by atoms with Crippen molar-refractivity contribution < 1.29 is 9.53 Å². The number of rotatable bonds is 5. The Morgan fingerprint density at radius 3 is 2.53 bits per heavy atom. The van der Waals surface area contributed by atoms with Gasteiger partial charge in [0.1, 0.15) is 5.75 Å². The summed E-state index contributed by atoms with van der Waals surface area (Å²) in [5.74, 6) is 0.967. The first-order valence-electron chi connectivity index (χ1n) is 6.84. The van der Waals surface area contributed by atoms with Crippen molar-refractivity contribution >= 4 is 5.91 Å². The van der Waals surface area contributed by atoms with Gasteiger partial charge in [-0.15, -0.1) is 0 Å². The SMILES string of the molecule is CCN(C(=O)CCOc1cccc(C)c1)C(C)(C)C. The lowest BCUT2D eigenvalue weighted by molar-refractivity contribution is -0.136. The standard InChI is InChI=1S/C16H25NO2/c1-6-17(16(3,4)5)15(18)10-11-19-14-9-7-8-13(2)12-14/h7-9,12H,6,10-11H2,1-5H3. The topological polar surface area (TPSA) is 29.5 Å². The third kappa shape index (κ3) is 4.93. The Morgan fingerprint density at radius 2 is 2.00 bits per heavy atom. The molecule has 0 fully saturated rings. The van der Waals surface area contributed by atoms with Crippen molar-refractivity contribution in [3.63, 3.8) is 0 Å². The molecule has 1 aromatic carbocycles. The van der Waals surface area contributed by atoms with Crippen LogP contribution in [-0.2, 0) is 4.79 Å². The average molecular weight is 263 g/mol. The second kappa shape index (κ2) is 6.60. The lowest BCUT2D eigenvalue weighted by Crippen LogP contribution is -2.45. The van der Waals surface area contributed by atoms with Gasteiger partial charge in [-0.05, 0) is 52.3 Å². The molecule has 3 nitrogen and oxygen atoms in total. The van der Waals surface area contributed by atoms with Crippen LogP contribution in [0.1, 0.15) is 39.7 Å². The van der Waals surface area contributed by atoms with Crippen LogP contribution in [0.25, 0.3) is 0 Å². The van der Waals surface area contributed by atoms with Crippen LogP contribution >= 0.6 is 0 Å². The number of nitrogens with zero attached hydrogens (tertiary/aromatic N) is 1.